The maximum atomic E-state index is 14.6. The van der Waals surface area contributed by atoms with Crippen molar-refractivity contribution in [1.29, 1.82) is 0 Å². The van der Waals surface area contributed by atoms with Crippen LogP contribution in [0.3, 0.4) is 0 Å². The molecule has 0 bridgehead atoms. The van der Waals surface area contributed by atoms with E-state index < -0.39 is 205 Å². The second kappa shape index (κ2) is 47.9. The highest BCUT2D eigenvalue weighted by atomic mass is 16.4. The zero-order chi connectivity index (χ0) is 79.9. The number of hydrogen-bond acceptors (Lipinski definition) is 22. The lowest BCUT2D eigenvalue weighted by molar-refractivity contribution is -0.143. The summed E-state index contributed by atoms with van der Waals surface area (Å²) in [6.45, 7) is 5.80. The number of guanidine groups is 2. The third-order valence-electron chi connectivity index (χ3n) is 16.7. The standard InChI is InChI=1S/C65H111N23O18/c1-33(2)49(60(102)84-43(30-37-16-7-6-8-17-37)56(98)78-35(4)63(105)106)86-57(99)44(31-48(70)92)83-58(100)45(32-89)85-61(103)50(36(5)90)87-51(93)34(3)77-53(95)40(20-13-27-75-64(71)72)80-55(97)41(23-24-47(69)91)81-59(101)46-22-15-29-88(46)62(104)42(21-14-28-76-65(73)74)82-54(96)39(19-10-12-26-67)79-52(94)38(68)18-9-11-25-66/h6-8,16-17,33-36,38-46,49-50,89-90H,9-15,18-32,66-68H2,1-5H3,(H2,69,91)(H2,70,92)(H,77,95)(H,78,98)(H,79,94)(H,80,97)(H,81,101)(H,82,96)(H,83,100)(H,84,102)(H,85,103)(H,86,99)(H,87,93)(H,105,106)(H4,71,72,75)(H4,73,74,76)/t34-,35-,36+,38-,39-,40-,41-,42-,43-,44-,45-,46-,49-,50-/m0/s1. The summed E-state index contributed by atoms with van der Waals surface area (Å²) >= 11 is 0. The minimum atomic E-state index is -1.99. The Hall–Kier alpha value is -10.4. The second-order valence-electron chi connectivity index (χ2n) is 26.0. The van der Waals surface area contributed by atoms with Gasteiger partial charge >= 0.3 is 5.97 Å². The number of aliphatic carboxylic acids is 1. The fraction of sp³-hybridized carbons (Fsp3) is 0.646. The van der Waals surface area contributed by atoms with Gasteiger partial charge in [0.1, 0.15) is 72.5 Å². The molecular formula is C65H111N23O18. The van der Waals surface area contributed by atoms with Gasteiger partial charge in [0, 0.05) is 32.5 Å². The van der Waals surface area contributed by atoms with Crippen LogP contribution in [0.1, 0.15) is 136 Å². The van der Waals surface area contributed by atoms with Gasteiger partial charge in [0.15, 0.2) is 11.9 Å². The Labute approximate surface area is 613 Å². The average molecular weight is 1500 g/mol. The number of unbranched alkanes of at least 4 members (excludes halogenated alkanes) is 2. The lowest BCUT2D eigenvalue weighted by Gasteiger charge is -2.31. The van der Waals surface area contributed by atoms with E-state index in [1.54, 1.807) is 30.3 Å². The summed E-state index contributed by atoms with van der Waals surface area (Å²) in [5.41, 5.74) is 51.1. The minimum absolute atomic E-state index is 0.00607. The molecule has 14 atom stereocenters. The largest absolute Gasteiger partial charge is 0.480 e. The molecule has 1 aliphatic rings. The van der Waals surface area contributed by atoms with Crippen LogP contribution < -0.4 is 110 Å². The number of aliphatic imine (C=N–C) groups is 2. The van der Waals surface area contributed by atoms with Crippen molar-refractivity contribution in [2.45, 2.75) is 222 Å². The highest BCUT2D eigenvalue weighted by molar-refractivity contribution is 6.01. The molecule has 41 nitrogen and oxygen atoms in total. The zero-order valence-electron chi connectivity index (χ0n) is 60.6. The van der Waals surface area contributed by atoms with Gasteiger partial charge in [-0.1, -0.05) is 50.6 Å². The highest BCUT2D eigenvalue weighted by Gasteiger charge is 2.41. The molecule has 1 aromatic rings. The Kier molecular flexibility index (Phi) is 41.4. The molecule has 106 heavy (non-hydrogen) atoms. The lowest BCUT2D eigenvalue weighted by Crippen LogP contribution is -2.62. The fourth-order valence-electron chi connectivity index (χ4n) is 10.8. The summed E-state index contributed by atoms with van der Waals surface area (Å²) in [6, 6.07) is -11.3. The third-order valence-corrected chi connectivity index (χ3v) is 16.7. The van der Waals surface area contributed by atoms with Crippen LogP contribution in [0.4, 0.5) is 0 Å². The fourth-order valence-corrected chi connectivity index (χ4v) is 10.8. The molecule has 594 valence electrons. The first-order valence-electron chi connectivity index (χ1n) is 35.0. The van der Waals surface area contributed by atoms with E-state index in [0.717, 1.165) is 13.8 Å². The second-order valence-corrected chi connectivity index (χ2v) is 26.0. The third kappa shape index (κ3) is 33.6. The Morgan fingerprint density at radius 2 is 0.943 bits per heavy atom. The number of primary amides is 2. The Morgan fingerprint density at radius 1 is 0.491 bits per heavy atom. The van der Waals surface area contributed by atoms with E-state index in [9.17, 15) is 87.2 Å². The smallest absolute Gasteiger partial charge is 0.325 e. The van der Waals surface area contributed by atoms with Gasteiger partial charge in [-0.25, -0.2) is 0 Å². The van der Waals surface area contributed by atoms with Gasteiger partial charge < -0.3 is 130 Å². The number of hydrogen-bond donors (Lipinski definition) is 23. The molecule has 1 aromatic carbocycles. The summed E-state index contributed by atoms with van der Waals surface area (Å²) < 4.78 is 0. The number of carbonyl (C=O) groups excluding carboxylic acids is 14. The molecule has 0 radical (unpaired) electrons. The molecule has 1 fully saturated rings. The normalized spacial score (nSPS) is 16.2. The molecule has 1 heterocycles. The van der Waals surface area contributed by atoms with Gasteiger partial charge in [-0.05, 0) is 122 Å². The zero-order valence-corrected chi connectivity index (χ0v) is 60.6. The molecule has 1 saturated heterocycles. The predicted octanol–water partition coefficient (Wildman–Crippen LogP) is -9.46. The van der Waals surface area contributed by atoms with E-state index in [0.29, 0.717) is 37.8 Å². The quantitative estimate of drug-likeness (QED) is 0.0164. The van der Waals surface area contributed by atoms with Gasteiger partial charge in [0.05, 0.1) is 25.2 Å². The molecule has 0 aromatic heterocycles. The van der Waals surface area contributed by atoms with E-state index in [4.69, 9.17) is 51.6 Å². The van der Waals surface area contributed by atoms with Crippen molar-refractivity contribution in [1.82, 2.24) is 63.4 Å². The number of rotatable bonds is 50. The predicted molar refractivity (Wildman–Crippen MR) is 385 cm³/mol. The van der Waals surface area contributed by atoms with Crippen molar-refractivity contribution >= 4 is 101 Å². The number of carbonyl (C=O) groups is 15. The van der Waals surface area contributed by atoms with E-state index in [1.807, 2.05) is 0 Å². The number of likely N-dealkylation sites (tertiary alicyclic amines) is 1. The number of amides is 14. The molecule has 32 N–H and O–H groups in total. The van der Waals surface area contributed by atoms with Gasteiger partial charge in [-0.15, -0.1) is 0 Å². The van der Waals surface area contributed by atoms with Crippen LogP contribution in [0.5, 0.6) is 0 Å². The Balaban J connectivity index is 2.39. The minimum Gasteiger partial charge on any atom is -0.480 e. The molecule has 2 rings (SSSR count). The highest BCUT2D eigenvalue weighted by Crippen LogP contribution is 2.21. The van der Waals surface area contributed by atoms with Crippen LogP contribution in [-0.2, 0) is 78.3 Å². The van der Waals surface area contributed by atoms with Crippen molar-refractivity contribution in [2.24, 2.45) is 67.5 Å². The SMILES string of the molecule is CC(C)[C@H](NC(=O)[C@H](CC(N)=O)NC(=O)[C@H](CO)NC(=O)[C@@H](NC(=O)[C@H](C)NC(=O)[C@H](CCCN=C(N)N)NC(=O)[C@H](CCC(N)=O)NC(=O)[C@@H]1CCCN1C(=O)[C@H](CCCN=C(N)N)NC(=O)[C@H](CCCCN)NC(=O)[C@@H](N)CCCCN)[C@@H](C)O)C(=O)N[C@@H](Cc1ccccc1)C(=O)N[C@@H](C)C(=O)O. The average Bonchev–Trinajstić information content (AvgIpc) is 1.65. The van der Waals surface area contributed by atoms with Crippen LogP contribution in [0.25, 0.3) is 0 Å². The van der Waals surface area contributed by atoms with Gasteiger partial charge in [0.2, 0.25) is 82.7 Å². The first kappa shape index (κ1) is 91.7. The van der Waals surface area contributed by atoms with Crippen LogP contribution in [0.2, 0.25) is 0 Å². The molecule has 0 aliphatic carbocycles. The van der Waals surface area contributed by atoms with E-state index in [-0.39, 0.29) is 95.9 Å². The van der Waals surface area contributed by atoms with Crippen LogP contribution in [-0.4, -0.2) is 245 Å². The number of benzene rings is 1. The number of nitrogens with two attached hydrogens (primary N) is 9. The molecule has 0 saturated carbocycles. The number of nitrogens with zero attached hydrogens (tertiary/aromatic N) is 3. The van der Waals surface area contributed by atoms with Crippen LogP contribution >= 0.6 is 0 Å². The van der Waals surface area contributed by atoms with Gasteiger partial charge in [0.25, 0.3) is 0 Å². The van der Waals surface area contributed by atoms with Crippen molar-refractivity contribution in [3.8, 4) is 0 Å². The molecule has 41 heteroatoms. The summed E-state index contributed by atoms with van der Waals surface area (Å²) in [7, 11) is 0. The van der Waals surface area contributed by atoms with Crippen LogP contribution in [0, 0.1) is 5.92 Å². The number of aliphatic hydroxyl groups excluding tert-OH is 2. The maximum Gasteiger partial charge on any atom is 0.325 e. The van der Waals surface area contributed by atoms with E-state index >= 15 is 0 Å². The number of nitrogens with one attached hydrogen (secondary N) is 11. The first-order valence-corrected chi connectivity index (χ1v) is 35.0. The summed E-state index contributed by atoms with van der Waals surface area (Å²) in [4.78, 5) is 213. The first-order chi connectivity index (χ1) is 50.0. The van der Waals surface area contributed by atoms with E-state index in [2.05, 4.69) is 68.5 Å². The van der Waals surface area contributed by atoms with Crippen LogP contribution in [0.15, 0.2) is 40.3 Å². The number of aliphatic hydroxyl groups is 2. The number of carboxylic acid groups (broad SMARTS) is 1. The van der Waals surface area contributed by atoms with Crippen molar-refractivity contribution < 1.29 is 87.2 Å². The molecule has 14 amide bonds. The monoisotopic (exact) mass is 1500 g/mol. The number of carboxylic acids is 1. The molecule has 0 unspecified atom stereocenters. The topological polar surface area (TPSA) is 711 Å². The van der Waals surface area contributed by atoms with Gasteiger partial charge in [-0.3, -0.25) is 81.9 Å². The summed E-state index contributed by atoms with van der Waals surface area (Å²) in [6.07, 6.45) is -1.15. The lowest BCUT2D eigenvalue weighted by atomic mass is 10.00. The van der Waals surface area contributed by atoms with Crippen molar-refractivity contribution in [3.63, 3.8) is 0 Å². The van der Waals surface area contributed by atoms with Crippen molar-refractivity contribution in [2.75, 3.05) is 39.3 Å². The van der Waals surface area contributed by atoms with Crippen molar-refractivity contribution in [3.05, 3.63) is 35.9 Å². The molecule has 0 spiro atoms. The Bertz CT molecular complexity index is 3190. The molecular weight excluding hydrogens is 1390 g/mol. The Morgan fingerprint density at radius 3 is 1.47 bits per heavy atom. The summed E-state index contributed by atoms with van der Waals surface area (Å²) in [5.74, 6) is -16.6. The summed E-state index contributed by atoms with van der Waals surface area (Å²) in [5, 5.41) is 57.2. The van der Waals surface area contributed by atoms with E-state index in [1.165, 1.54) is 25.7 Å². The van der Waals surface area contributed by atoms with Gasteiger partial charge in [-0.2, -0.15) is 0 Å². The maximum absolute atomic E-state index is 14.6. The molecule has 1 aliphatic heterocycles.